The topological polar surface area (TPSA) is 52.6 Å². The fraction of sp³-hybridized carbons (Fsp3) is 0.610. The van der Waals surface area contributed by atoms with Crippen LogP contribution in [0.25, 0.3) is 0 Å². The summed E-state index contributed by atoms with van der Waals surface area (Å²) in [4.78, 5) is 21.6. The third kappa shape index (κ3) is 25.1. The van der Waals surface area contributed by atoms with Gasteiger partial charge in [0, 0.05) is 13.3 Å². The van der Waals surface area contributed by atoms with Crippen molar-refractivity contribution in [3.63, 3.8) is 0 Å². The van der Waals surface area contributed by atoms with Crippen molar-refractivity contribution in [2.24, 2.45) is 5.41 Å². The maximum Gasteiger partial charge on any atom is 0.305 e. The molecule has 0 aromatic rings. The normalized spacial score (nSPS) is 15.7. The summed E-state index contributed by atoms with van der Waals surface area (Å²) in [7, 11) is 1.45. The van der Waals surface area contributed by atoms with Gasteiger partial charge in [-0.2, -0.15) is 0 Å². The van der Waals surface area contributed by atoms with Crippen LogP contribution in [0.15, 0.2) is 83.1 Å². The highest BCUT2D eigenvalue weighted by molar-refractivity contribution is 5.69. The predicted octanol–water partition coefficient (Wildman–Crippen LogP) is 12.1. The zero-order valence-electron chi connectivity index (χ0n) is 30.2. The number of allylic oxidation sites excluding steroid dienone is 13. The van der Waals surface area contributed by atoms with Crippen molar-refractivity contribution in [2.45, 2.75) is 145 Å². The molecular formula is C41H66O4. The molecule has 0 aromatic heterocycles. The summed E-state index contributed by atoms with van der Waals surface area (Å²) in [6.07, 6.45) is 39.4. The van der Waals surface area contributed by atoms with Crippen LogP contribution in [0, 0.1) is 5.41 Å². The van der Waals surface area contributed by atoms with E-state index in [4.69, 9.17) is 4.74 Å². The van der Waals surface area contributed by atoms with Crippen molar-refractivity contribution in [2.75, 3.05) is 13.7 Å². The molecule has 0 heterocycles. The van der Waals surface area contributed by atoms with Gasteiger partial charge in [0.2, 0.25) is 0 Å². The van der Waals surface area contributed by atoms with Crippen LogP contribution in [-0.4, -0.2) is 25.7 Å². The zero-order chi connectivity index (χ0) is 33.8. The van der Waals surface area contributed by atoms with E-state index in [1.165, 1.54) is 101 Å². The average Bonchev–Trinajstić information content (AvgIpc) is 2.98. The van der Waals surface area contributed by atoms with E-state index in [1.54, 1.807) is 0 Å². The van der Waals surface area contributed by atoms with Crippen molar-refractivity contribution in [1.29, 1.82) is 0 Å². The van der Waals surface area contributed by atoms with Crippen molar-refractivity contribution < 1.29 is 19.1 Å². The average molecular weight is 623 g/mol. The summed E-state index contributed by atoms with van der Waals surface area (Å²) < 4.78 is 9.51. The molecule has 0 aliphatic heterocycles. The van der Waals surface area contributed by atoms with Gasteiger partial charge in [-0.25, -0.2) is 0 Å². The molecule has 0 bridgehead atoms. The van der Waals surface area contributed by atoms with Crippen molar-refractivity contribution in [3.05, 3.63) is 83.1 Å². The van der Waals surface area contributed by atoms with Gasteiger partial charge in [-0.3, -0.25) is 9.59 Å². The molecule has 0 spiro atoms. The molecule has 254 valence electrons. The Morgan fingerprint density at radius 2 is 1.49 bits per heavy atom. The lowest BCUT2D eigenvalue weighted by Crippen LogP contribution is -2.19. The Labute approximate surface area is 277 Å². The summed E-state index contributed by atoms with van der Waals surface area (Å²) >= 11 is 0. The van der Waals surface area contributed by atoms with Gasteiger partial charge in [0.25, 0.3) is 0 Å². The molecule has 0 amide bonds. The zero-order valence-corrected chi connectivity index (χ0v) is 30.2. The first-order chi connectivity index (χ1) is 21.5. The Balaban J connectivity index is 0.000000870. The van der Waals surface area contributed by atoms with E-state index < -0.39 is 0 Å². The van der Waals surface area contributed by atoms with E-state index in [-0.39, 0.29) is 17.4 Å². The molecule has 1 aliphatic rings. The molecule has 0 N–H and O–H groups in total. The quantitative estimate of drug-likeness (QED) is 0.0586. The molecule has 0 fully saturated rings. The SMILES string of the molecule is CC(=O)OCC=C(C)C=CC=C(C)C=CC1=C(C)CCCC1(C)C.CCCCC/C=C\C/C=C\CCCCCCCC(=O)OC. The second kappa shape index (κ2) is 27.4. The Hall–Kier alpha value is -2.88. The van der Waals surface area contributed by atoms with Gasteiger partial charge in [0.05, 0.1) is 7.11 Å². The maximum atomic E-state index is 10.9. The molecule has 4 nitrogen and oxygen atoms in total. The number of unbranched alkanes of at least 4 members (excludes halogenated alkanes) is 8. The molecule has 0 radical (unpaired) electrons. The highest BCUT2D eigenvalue weighted by Crippen LogP contribution is 2.40. The first kappa shape index (κ1) is 42.1. The minimum absolute atomic E-state index is 0.0827. The largest absolute Gasteiger partial charge is 0.469 e. The first-order valence-electron chi connectivity index (χ1n) is 17.4. The van der Waals surface area contributed by atoms with Gasteiger partial charge in [-0.05, 0) is 95.6 Å². The van der Waals surface area contributed by atoms with Crippen LogP contribution in [0.3, 0.4) is 0 Å². The molecular weight excluding hydrogens is 556 g/mol. The lowest BCUT2D eigenvalue weighted by molar-refractivity contribution is -0.141. The number of ether oxygens (including phenoxy) is 2. The lowest BCUT2D eigenvalue weighted by atomic mass is 9.72. The van der Waals surface area contributed by atoms with E-state index >= 15 is 0 Å². The van der Waals surface area contributed by atoms with E-state index in [1.807, 2.05) is 25.2 Å². The first-order valence-corrected chi connectivity index (χ1v) is 17.4. The minimum atomic E-state index is -0.251. The second-order valence-corrected chi connectivity index (χ2v) is 12.8. The van der Waals surface area contributed by atoms with Crippen LogP contribution in [0.4, 0.5) is 0 Å². The fourth-order valence-corrected chi connectivity index (χ4v) is 5.17. The third-order valence-electron chi connectivity index (χ3n) is 8.02. The number of methoxy groups -OCH3 is 1. The molecule has 0 aromatic carbocycles. The maximum absolute atomic E-state index is 10.9. The Kier molecular flexibility index (Phi) is 25.7. The number of carbonyl (C=O) groups excluding carboxylic acids is 2. The fourth-order valence-electron chi connectivity index (χ4n) is 5.17. The molecule has 1 rings (SSSR count). The molecule has 0 saturated heterocycles. The van der Waals surface area contributed by atoms with Crippen LogP contribution in [0.2, 0.25) is 0 Å². The molecule has 0 unspecified atom stereocenters. The molecule has 0 saturated carbocycles. The number of rotatable bonds is 20. The predicted molar refractivity (Wildman–Crippen MR) is 194 cm³/mol. The van der Waals surface area contributed by atoms with Crippen molar-refractivity contribution >= 4 is 11.9 Å². The van der Waals surface area contributed by atoms with Gasteiger partial charge in [-0.1, -0.05) is 124 Å². The third-order valence-corrected chi connectivity index (χ3v) is 8.02. The number of hydrogen-bond donors (Lipinski definition) is 0. The second-order valence-electron chi connectivity index (χ2n) is 12.8. The summed E-state index contributed by atoms with van der Waals surface area (Å²) in [5.74, 6) is -0.333. The van der Waals surface area contributed by atoms with E-state index in [0.29, 0.717) is 13.0 Å². The van der Waals surface area contributed by atoms with Crippen molar-refractivity contribution in [3.8, 4) is 0 Å². The number of hydrogen-bond acceptors (Lipinski definition) is 4. The van der Waals surface area contributed by atoms with Crippen LogP contribution >= 0.6 is 0 Å². The molecule has 45 heavy (non-hydrogen) atoms. The smallest absolute Gasteiger partial charge is 0.305 e. The number of carbonyl (C=O) groups is 2. The summed E-state index contributed by atoms with van der Waals surface area (Å²) in [6.45, 7) is 15.0. The number of esters is 2. The molecule has 4 heteroatoms. The van der Waals surface area contributed by atoms with Crippen LogP contribution < -0.4 is 0 Å². The van der Waals surface area contributed by atoms with Gasteiger partial charge in [0.15, 0.2) is 0 Å². The lowest BCUT2D eigenvalue weighted by Gasteiger charge is -2.32. The molecule has 0 atom stereocenters. The minimum Gasteiger partial charge on any atom is -0.469 e. The Morgan fingerprint density at radius 3 is 2.11 bits per heavy atom. The van der Waals surface area contributed by atoms with Gasteiger partial charge >= 0.3 is 11.9 Å². The Bertz CT molecular complexity index is 1030. The summed E-state index contributed by atoms with van der Waals surface area (Å²) in [5, 5.41) is 0. The van der Waals surface area contributed by atoms with E-state index in [0.717, 1.165) is 24.8 Å². The highest BCUT2D eigenvalue weighted by atomic mass is 16.5. The van der Waals surface area contributed by atoms with E-state index in [2.05, 4.69) is 81.9 Å². The van der Waals surface area contributed by atoms with Crippen molar-refractivity contribution in [1.82, 2.24) is 0 Å². The summed E-state index contributed by atoms with van der Waals surface area (Å²) in [5.41, 5.74) is 5.60. The summed E-state index contributed by atoms with van der Waals surface area (Å²) in [6, 6.07) is 0. The Morgan fingerprint density at radius 1 is 0.844 bits per heavy atom. The monoisotopic (exact) mass is 622 g/mol. The molecule has 1 aliphatic carbocycles. The van der Waals surface area contributed by atoms with Gasteiger partial charge in [0.1, 0.15) is 6.61 Å². The van der Waals surface area contributed by atoms with Crippen LogP contribution in [-0.2, 0) is 19.1 Å². The van der Waals surface area contributed by atoms with Crippen LogP contribution in [0.1, 0.15) is 145 Å². The van der Waals surface area contributed by atoms with Gasteiger partial charge in [-0.15, -0.1) is 0 Å². The highest BCUT2D eigenvalue weighted by Gasteiger charge is 2.26. The van der Waals surface area contributed by atoms with E-state index in [9.17, 15) is 9.59 Å². The van der Waals surface area contributed by atoms with Crippen LogP contribution in [0.5, 0.6) is 0 Å². The standard InChI is InChI=1S/C22H32O2.C19H34O2/c1-17(9-7-10-18(2)14-16-24-20(4)23)12-13-21-19(3)11-8-15-22(21,5)6;1-3-4-5-6-7-8-9-10-11-12-13-14-15-16-17-18-19(20)21-2/h7,9-10,12-14H,8,11,15-16H2,1-6H3;7-8,10-11H,3-6,9,12-18H2,1-2H3/b;8-7-,11-10-. The van der Waals surface area contributed by atoms with Gasteiger partial charge < -0.3 is 9.47 Å².